The van der Waals surface area contributed by atoms with Crippen LogP contribution in [-0.4, -0.2) is 29.9 Å². The van der Waals surface area contributed by atoms with Crippen LogP contribution in [0, 0.1) is 6.92 Å². The number of carbonyl (C=O) groups excluding carboxylic acids is 2. The monoisotopic (exact) mass is 378 g/mol. The van der Waals surface area contributed by atoms with E-state index in [-0.39, 0.29) is 11.8 Å². The van der Waals surface area contributed by atoms with Gasteiger partial charge in [0, 0.05) is 12.2 Å². The Kier molecular flexibility index (Phi) is 6.14. The van der Waals surface area contributed by atoms with Gasteiger partial charge in [0.1, 0.15) is 11.4 Å². The van der Waals surface area contributed by atoms with Crippen LogP contribution in [0.3, 0.4) is 0 Å². The molecule has 0 saturated carbocycles. The van der Waals surface area contributed by atoms with Crippen molar-refractivity contribution in [1.29, 1.82) is 0 Å². The Labute approximate surface area is 166 Å². The summed E-state index contributed by atoms with van der Waals surface area (Å²) in [4.78, 5) is 27.3. The smallest absolute Gasteiger partial charge is 0.278 e. The van der Waals surface area contributed by atoms with Crippen molar-refractivity contribution >= 4 is 23.1 Å². The van der Waals surface area contributed by atoms with E-state index in [1.807, 2.05) is 69.3 Å². The minimum Gasteiger partial charge on any atom is -0.494 e. The van der Waals surface area contributed by atoms with Crippen LogP contribution in [0.2, 0.25) is 0 Å². The number of imide groups is 1. The van der Waals surface area contributed by atoms with E-state index < -0.39 is 0 Å². The summed E-state index contributed by atoms with van der Waals surface area (Å²) in [6, 6.07) is 15.1. The number of aryl methyl sites for hydroxylation is 1. The molecule has 0 fully saturated rings. The highest BCUT2D eigenvalue weighted by molar-refractivity contribution is 6.36. The number of hydrogen-bond acceptors (Lipinski definition) is 4. The standard InChI is InChI=1S/C23H26N2O3/c1-4-14-25-22(26)20(17-10-12-18(13-11-17)28-15-5-2)21(23(25)27)24-19-9-7-6-8-16(19)3/h6-13,24H,4-5,14-15H2,1-3H3. The van der Waals surface area contributed by atoms with E-state index >= 15 is 0 Å². The predicted octanol–water partition coefficient (Wildman–Crippen LogP) is 4.39. The number of ether oxygens (including phenoxy) is 1. The molecule has 0 spiro atoms. The van der Waals surface area contributed by atoms with Gasteiger partial charge >= 0.3 is 0 Å². The Balaban J connectivity index is 2.00. The number of amides is 2. The summed E-state index contributed by atoms with van der Waals surface area (Å²) in [5.74, 6) is 0.211. The molecule has 2 amide bonds. The molecule has 2 aromatic rings. The zero-order valence-corrected chi connectivity index (χ0v) is 16.6. The van der Waals surface area contributed by atoms with Gasteiger partial charge in [-0.25, -0.2) is 0 Å². The molecule has 146 valence electrons. The quantitative estimate of drug-likeness (QED) is 0.692. The molecule has 1 aliphatic rings. The van der Waals surface area contributed by atoms with Crippen molar-refractivity contribution in [3.63, 3.8) is 0 Å². The fourth-order valence-electron chi connectivity index (χ4n) is 3.17. The van der Waals surface area contributed by atoms with Gasteiger partial charge in [0.05, 0.1) is 12.2 Å². The summed E-state index contributed by atoms with van der Waals surface area (Å²) < 4.78 is 5.62. The molecule has 0 unspecified atom stereocenters. The lowest BCUT2D eigenvalue weighted by Gasteiger charge is -2.14. The highest BCUT2D eigenvalue weighted by atomic mass is 16.5. The first-order valence-electron chi connectivity index (χ1n) is 9.73. The highest BCUT2D eigenvalue weighted by Gasteiger charge is 2.38. The highest BCUT2D eigenvalue weighted by Crippen LogP contribution is 2.32. The number of hydrogen-bond donors (Lipinski definition) is 1. The molecule has 2 aromatic carbocycles. The van der Waals surface area contributed by atoms with Crippen LogP contribution in [0.1, 0.15) is 37.8 Å². The Morgan fingerprint density at radius 3 is 2.29 bits per heavy atom. The number of carbonyl (C=O) groups is 2. The lowest BCUT2D eigenvalue weighted by atomic mass is 10.0. The number of para-hydroxylation sites is 1. The molecule has 0 radical (unpaired) electrons. The van der Waals surface area contributed by atoms with Gasteiger partial charge in [0.25, 0.3) is 11.8 Å². The first kappa shape index (κ1) is 19.7. The number of benzene rings is 2. The maximum atomic E-state index is 13.0. The number of nitrogens with zero attached hydrogens (tertiary/aromatic N) is 1. The SMILES string of the molecule is CCCOc1ccc(C2=C(Nc3ccccc3C)C(=O)N(CCC)C2=O)cc1. The molecule has 0 aliphatic carbocycles. The van der Waals surface area contributed by atoms with Crippen molar-refractivity contribution in [1.82, 2.24) is 4.90 Å². The fraction of sp³-hybridized carbons (Fsp3) is 0.304. The summed E-state index contributed by atoms with van der Waals surface area (Å²) in [5.41, 5.74) is 3.26. The van der Waals surface area contributed by atoms with Crippen LogP contribution in [0.4, 0.5) is 5.69 Å². The largest absolute Gasteiger partial charge is 0.494 e. The third kappa shape index (κ3) is 3.93. The lowest BCUT2D eigenvalue weighted by molar-refractivity contribution is -0.136. The maximum absolute atomic E-state index is 13.0. The van der Waals surface area contributed by atoms with E-state index in [9.17, 15) is 9.59 Å². The van der Waals surface area contributed by atoms with Gasteiger partial charge in [-0.2, -0.15) is 0 Å². The van der Waals surface area contributed by atoms with E-state index in [0.29, 0.717) is 36.4 Å². The molecular weight excluding hydrogens is 352 g/mol. The fourth-order valence-corrected chi connectivity index (χ4v) is 3.17. The van der Waals surface area contributed by atoms with E-state index in [0.717, 1.165) is 23.4 Å². The number of anilines is 1. The third-order valence-electron chi connectivity index (χ3n) is 4.64. The molecular formula is C23H26N2O3. The minimum absolute atomic E-state index is 0.259. The van der Waals surface area contributed by atoms with Crippen molar-refractivity contribution in [2.24, 2.45) is 0 Å². The number of rotatable bonds is 8. The first-order valence-corrected chi connectivity index (χ1v) is 9.73. The second-order valence-corrected chi connectivity index (χ2v) is 6.82. The maximum Gasteiger partial charge on any atom is 0.278 e. The number of nitrogens with one attached hydrogen (secondary N) is 1. The van der Waals surface area contributed by atoms with Crippen LogP contribution < -0.4 is 10.1 Å². The molecule has 0 bridgehead atoms. The van der Waals surface area contributed by atoms with Crippen molar-refractivity contribution in [3.8, 4) is 5.75 Å². The third-order valence-corrected chi connectivity index (χ3v) is 4.64. The van der Waals surface area contributed by atoms with Crippen LogP contribution in [0.5, 0.6) is 5.75 Å². The zero-order valence-electron chi connectivity index (χ0n) is 16.6. The Bertz CT molecular complexity index is 900. The minimum atomic E-state index is -0.281. The van der Waals surface area contributed by atoms with Gasteiger partial charge in [-0.05, 0) is 49.1 Å². The average molecular weight is 378 g/mol. The second kappa shape index (κ2) is 8.74. The molecule has 3 rings (SSSR count). The predicted molar refractivity (Wildman–Crippen MR) is 111 cm³/mol. The van der Waals surface area contributed by atoms with Crippen LogP contribution in [0.25, 0.3) is 5.57 Å². The molecule has 1 N–H and O–H groups in total. The molecule has 5 heteroatoms. The molecule has 0 saturated heterocycles. The van der Waals surface area contributed by atoms with E-state index in [2.05, 4.69) is 5.32 Å². The Morgan fingerprint density at radius 2 is 1.64 bits per heavy atom. The van der Waals surface area contributed by atoms with Gasteiger partial charge < -0.3 is 10.1 Å². The summed E-state index contributed by atoms with van der Waals surface area (Å²) >= 11 is 0. The average Bonchev–Trinajstić information content (AvgIpc) is 2.93. The van der Waals surface area contributed by atoms with Gasteiger partial charge in [0.15, 0.2) is 0 Å². The normalized spacial score (nSPS) is 14.0. The summed E-state index contributed by atoms with van der Waals surface area (Å²) in [7, 11) is 0. The van der Waals surface area contributed by atoms with Crippen LogP contribution in [-0.2, 0) is 9.59 Å². The van der Waals surface area contributed by atoms with Crippen LogP contribution in [0.15, 0.2) is 54.2 Å². The Morgan fingerprint density at radius 1 is 0.929 bits per heavy atom. The van der Waals surface area contributed by atoms with Crippen molar-refractivity contribution in [2.75, 3.05) is 18.5 Å². The summed E-state index contributed by atoms with van der Waals surface area (Å²) in [6.45, 7) is 7.01. The molecule has 1 heterocycles. The lowest BCUT2D eigenvalue weighted by Crippen LogP contribution is -2.33. The van der Waals surface area contributed by atoms with Gasteiger partial charge in [-0.15, -0.1) is 0 Å². The van der Waals surface area contributed by atoms with E-state index in [1.54, 1.807) is 0 Å². The molecule has 1 aliphatic heterocycles. The van der Waals surface area contributed by atoms with Crippen LogP contribution >= 0.6 is 0 Å². The van der Waals surface area contributed by atoms with Crippen molar-refractivity contribution in [2.45, 2.75) is 33.6 Å². The topological polar surface area (TPSA) is 58.6 Å². The summed E-state index contributed by atoms with van der Waals surface area (Å²) in [5, 5.41) is 3.21. The van der Waals surface area contributed by atoms with E-state index in [4.69, 9.17) is 4.74 Å². The molecule has 0 aromatic heterocycles. The van der Waals surface area contributed by atoms with Gasteiger partial charge in [-0.3, -0.25) is 14.5 Å². The van der Waals surface area contributed by atoms with Crippen molar-refractivity contribution < 1.29 is 14.3 Å². The van der Waals surface area contributed by atoms with Gasteiger partial charge in [-0.1, -0.05) is 44.2 Å². The van der Waals surface area contributed by atoms with Crippen molar-refractivity contribution in [3.05, 3.63) is 65.4 Å². The molecule has 5 nitrogen and oxygen atoms in total. The zero-order chi connectivity index (χ0) is 20.1. The van der Waals surface area contributed by atoms with E-state index in [1.165, 1.54) is 4.90 Å². The first-order chi connectivity index (χ1) is 13.6. The Hall–Kier alpha value is -3.08. The van der Waals surface area contributed by atoms with Gasteiger partial charge in [0.2, 0.25) is 0 Å². The summed E-state index contributed by atoms with van der Waals surface area (Å²) in [6.07, 6.45) is 1.64. The second-order valence-electron chi connectivity index (χ2n) is 6.82. The molecule has 0 atom stereocenters. The molecule has 28 heavy (non-hydrogen) atoms.